The monoisotopic (exact) mass is 288 g/mol. The van der Waals surface area contributed by atoms with E-state index >= 15 is 0 Å². The molecule has 3 N–H and O–H groups in total. The van der Waals surface area contributed by atoms with Gasteiger partial charge in [0.2, 0.25) is 0 Å². The van der Waals surface area contributed by atoms with Gasteiger partial charge < -0.3 is 20.1 Å². The van der Waals surface area contributed by atoms with Crippen LogP contribution in [-0.2, 0) is 0 Å². The minimum absolute atomic E-state index is 0.0576. The topological polar surface area (TPSA) is 87.0 Å². The van der Waals surface area contributed by atoms with Crippen molar-refractivity contribution in [2.24, 2.45) is 0 Å². The number of carbonyl (C=O) groups is 1. The van der Waals surface area contributed by atoms with Crippen LogP contribution in [0.2, 0.25) is 0 Å². The zero-order chi connectivity index (χ0) is 15.6. The van der Waals surface area contributed by atoms with Crippen molar-refractivity contribution in [3.63, 3.8) is 0 Å². The second-order valence-corrected chi connectivity index (χ2v) is 4.98. The molecule has 0 unspecified atom stereocenters. The van der Waals surface area contributed by atoms with Gasteiger partial charge in [-0.3, -0.25) is 0 Å². The average molecular weight is 288 g/mol. The average Bonchev–Trinajstić information content (AvgIpc) is 2.44. The molecule has 5 heteroatoms. The summed E-state index contributed by atoms with van der Waals surface area (Å²) in [5.74, 6) is -1.91. The van der Waals surface area contributed by atoms with Gasteiger partial charge in [0.25, 0.3) is 0 Å². The van der Waals surface area contributed by atoms with Crippen LogP contribution in [0.3, 0.4) is 0 Å². The fraction of sp³-hybridized carbons (Fsp3) is 0.188. The first-order chi connectivity index (χ1) is 9.88. The quantitative estimate of drug-likeness (QED) is 0.459. The highest BCUT2D eigenvalue weighted by Gasteiger charge is 2.15. The van der Waals surface area contributed by atoms with Crippen molar-refractivity contribution < 1.29 is 24.9 Å². The summed E-state index contributed by atoms with van der Waals surface area (Å²) in [7, 11) is 0. The summed E-state index contributed by atoms with van der Waals surface area (Å²) in [4.78, 5) is 12.0. The van der Waals surface area contributed by atoms with E-state index < -0.39 is 23.2 Å². The minimum atomic E-state index is -0.735. The van der Waals surface area contributed by atoms with Gasteiger partial charge in [0.05, 0.1) is 5.56 Å². The molecule has 0 aromatic heterocycles. The predicted molar refractivity (Wildman–Crippen MR) is 76.9 cm³/mol. The van der Waals surface area contributed by atoms with Crippen LogP contribution in [-0.4, -0.2) is 21.3 Å². The van der Waals surface area contributed by atoms with E-state index in [1.807, 2.05) is 19.9 Å². The summed E-state index contributed by atoms with van der Waals surface area (Å²) < 4.78 is 5.20. The summed E-state index contributed by atoms with van der Waals surface area (Å²) in [6, 6.07) is 9.17. The lowest BCUT2D eigenvalue weighted by atomic mass is 10.0. The lowest BCUT2D eigenvalue weighted by Gasteiger charge is -2.09. The Kier molecular flexibility index (Phi) is 4.03. The first kappa shape index (κ1) is 14.7. The molecule has 0 fully saturated rings. The molecule has 0 heterocycles. The van der Waals surface area contributed by atoms with Crippen molar-refractivity contribution in [3.8, 4) is 23.0 Å². The second-order valence-electron chi connectivity index (χ2n) is 4.98. The van der Waals surface area contributed by atoms with Gasteiger partial charge in [-0.25, -0.2) is 4.79 Å². The molecule has 0 aliphatic rings. The SMILES string of the molecule is CC(C)c1cccc(OC(=O)c2cc(O)c(O)c(O)c2)c1. The molecule has 2 aromatic rings. The van der Waals surface area contributed by atoms with E-state index in [0.717, 1.165) is 17.7 Å². The molecule has 5 nitrogen and oxygen atoms in total. The third-order valence-electron chi connectivity index (χ3n) is 3.04. The molecule has 0 atom stereocenters. The van der Waals surface area contributed by atoms with E-state index in [1.165, 1.54) is 0 Å². The number of phenolic OH excluding ortho intramolecular Hbond substituents is 3. The number of esters is 1. The van der Waals surface area contributed by atoms with E-state index in [-0.39, 0.29) is 5.56 Å². The maximum atomic E-state index is 12.0. The number of ether oxygens (including phenoxy) is 1. The number of rotatable bonds is 3. The van der Waals surface area contributed by atoms with Gasteiger partial charge in [-0.05, 0) is 35.7 Å². The molecule has 0 bridgehead atoms. The molecule has 21 heavy (non-hydrogen) atoms. The van der Waals surface area contributed by atoms with Gasteiger partial charge in [-0.2, -0.15) is 0 Å². The number of hydrogen-bond donors (Lipinski definition) is 3. The molecule has 2 rings (SSSR count). The molecule has 0 radical (unpaired) electrons. The van der Waals surface area contributed by atoms with E-state index in [1.54, 1.807) is 18.2 Å². The highest BCUT2D eigenvalue weighted by molar-refractivity contribution is 5.92. The van der Waals surface area contributed by atoms with E-state index in [2.05, 4.69) is 0 Å². The largest absolute Gasteiger partial charge is 0.504 e. The van der Waals surface area contributed by atoms with Crippen molar-refractivity contribution in [2.75, 3.05) is 0 Å². The fourth-order valence-corrected chi connectivity index (χ4v) is 1.83. The van der Waals surface area contributed by atoms with E-state index in [0.29, 0.717) is 11.7 Å². The highest BCUT2D eigenvalue weighted by Crippen LogP contribution is 2.35. The number of hydrogen-bond acceptors (Lipinski definition) is 5. The van der Waals surface area contributed by atoms with Crippen LogP contribution < -0.4 is 4.74 Å². The number of aromatic hydroxyl groups is 3. The van der Waals surface area contributed by atoms with Crippen LogP contribution in [0.4, 0.5) is 0 Å². The first-order valence-corrected chi connectivity index (χ1v) is 6.45. The smallest absolute Gasteiger partial charge is 0.343 e. The van der Waals surface area contributed by atoms with E-state index in [9.17, 15) is 20.1 Å². The van der Waals surface area contributed by atoms with E-state index in [4.69, 9.17) is 4.74 Å². The Morgan fingerprint density at radius 1 is 1.05 bits per heavy atom. The number of carbonyl (C=O) groups excluding carboxylic acids is 1. The normalized spacial score (nSPS) is 10.6. The van der Waals surface area contributed by atoms with Crippen molar-refractivity contribution in [3.05, 3.63) is 47.5 Å². The van der Waals surface area contributed by atoms with Crippen LogP contribution in [0, 0.1) is 0 Å². The maximum absolute atomic E-state index is 12.0. The Morgan fingerprint density at radius 2 is 1.67 bits per heavy atom. The van der Waals surface area contributed by atoms with Gasteiger partial charge in [-0.15, -0.1) is 0 Å². The van der Waals surface area contributed by atoms with Crippen LogP contribution in [0.15, 0.2) is 36.4 Å². The van der Waals surface area contributed by atoms with Crippen molar-refractivity contribution in [1.29, 1.82) is 0 Å². The zero-order valence-electron chi connectivity index (χ0n) is 11.7. The third kappa shape index (κ3) is 3.25. The zero-order valence-corrected chi connectivity index (χ0v) is 11.7. The second kappa shape index (κ2) is 5.75. The Labute approximate surface area is 122 Å². The van der Waals surface area contributed by atoms with Crippen LogP contribution in [0.25, 0.3) is 0 Å². The standard InChI is InChI=1S/C16H16O5/c1-9(2)10-4-3-5-12(6-10)21-16(20)11-7-13(17)15(19)14(18)8-11/h3-9,17-19H,1-2H3. The van der Waals surface area contributed by atoms with Crippen molar-refractivity contribution in [2.45, 2.75) is 19.8 Å². The van der Waals surface area contributed by atoms with Crippen LogP contribution in [0.5, 0.6) is 23.0 Å². The molecular formula is C16H16O5. The molecule has 0 aliphatic heterocycles. The first-order valence-electron chi connectivity index (χ1n) is 6.45. The van der Waals surface area contributed by atoms with Crippen LogP contribution >= 0.6 is 0 Å². The molecular weight excluding hydrogens is 272 g/mol. The predicted octanol–water partition coefficient (Wildman–Crippen LogP) is 3.15. The maximum Gasteiger partial charge on any atom is 0.343 e. The van der Waals surface area contributed by atoms with Crippen LogP contribution in [0.1, 0.15) is 35.7 Å². The van der Waals surface area contributed by atoms with Gasteiger partial charge in [0.15, 0.2) is 17.2 Å². The van der Waals surface area contributed by atoms with Crippen molar-refractivity contribution >= 4 is 5.97 Å². The highest BCUT2D eigenvalue weighted by atomic mass is 16.5. The molecule has 110 valence electrons. The molecule has 0 spiro atoms. The summed E-state index contributed by atoms with van der Waals surface area (Å²) >= 11 is 0. The molecule has 0 amide bonds. The summed E-state index contributed by atoms with van der Waals surface area (Å²) in [5.41, 5.74) is 0.967. The van der Waals surface area contributed by atoms with Crippen molar-refractivity contribution in [1.82, 2.24) is 0 Å². The summed E-state index contributed by atoms with van der Waals surface area (Å²) in [5, 5.41) is 28.0. The molecule has 2 aromatic carbocycles. The summed E-state index contributed by atoms with van der Waals surface area (Å²) in [6.45, 7) is 4.05. The van der Waals surface area contributed by atoms with Gasteiger partial charge >= 0.3 is 5.97 Å². The Morgan fingerprint density at radius 3 is 2.24 bits per heavy atom. The minimum Gasteiger partial charge on any atom is -0.504 e. The van der Waals surface area contributed by atoms with Gasteiger partial charge in [-0.1, -0.05) is 26.0 Å². The Balaban J connectivity index is 2.24. The number of benzene rings is 2. The Hall–Kier alpha value is -2.69. The summed E-state index contributed by atoms with van der Waals surface area (Å²) in [6.07, 6.45) is 0. The lowest BCUT2D eigenvalue weighted by molar-refractivity contribution is 0.0733. The molecule has 0 saturated carbocycles. The number of phenols is 3. The van der Waals surface area contributed by atoms with Gasteiger partial charge in [0, 0.05) is 0 Å². The third-order valence-corrected chi connectivity index (χ3v) is 3.04. The Bertz CT molecular complexity index is 653. The fourth-order valence-electron chi connectivity index (χ4n) is 1.83. The lowest BCUT2D eigenvalue weighted by Crippen LogP contribution is -2.08. The van der Waals surface area contributed by atoms with Gasteiger partial charge in [0.1, 0.15) is 5.75 Å². The molecule has 0 saturated heterocycles. The molecule has 0 aliphatic carbocycles.